The first-order valence-electron chi connectivity index (χ1n) is 11.3. The third-order valence-electron chi connectivity index (χ3n) is 5.66. The van der Waals surface area contributed by atoms with E-state index in [4.69, 9.17) is 9.73 Å². The molecule has 0 radical (unpaired) electrons. The average Bonchev–Trinajstić information content (AvgIpc) is 3.45. The minimum atomic E-state index is -4.16. The van der Waals surface area contributed by atoms with Crippen molar-refractivity contribution in [2.24, 2.45) is 16.8 Å². The second-order valence-electron chi connectivity index (χ2n) is 8.47. The van der Waals surface area contributed by atoms with E-state index < -0.39 is 12.7 Å². The lowest BCUT2D eigenvalue weighted by Crippen LogP contribution is -2.41. The molecule has 2 fully saturated rings. The molecule has 1 saturated heterocycles. The molecule has 3 rings (SSSR count). The number of halogens is 3. The smallest absolute Gasteiger partial charge is 0.401 e. The van der Waals surface area contributed by atoms with Crippen LogP contribution in [0.3, 0.4) is 0 Å². The quantitative estimate of drug-likeness (QED) is 0.445. The third kappa shape index (κ3) is 8.20. The number of rotatable bonds is 10. The van der Waals surface area contributed by atoms with Gasteiger partial charge in [0.25, 0.3) is 0 Å². The molecule has 0 spiro atoms. The molecule has 1 aliphatic carbocycles. The highest BCUT2D eigenvalue weighted by Gasteiger charge is 2.33. The summed E-state index contributed by atoms with van der Waals surface area (Å²) in [6.45, 7) is 7.28. The van der Waals surface area contributed by atoms with Crippen LogP contribution in [0.5, 0.6) is 5.88 Å². The van der Waals surface area contributed by atoms with Gasteiger partial charge in [-0.05, 0) is 56.2 Å². The molecular weight excluding hydrogens is 407 g/mol. The first kappa shape index (κ1) is 23.6. The van der Waals surface area contributed by atoms with Crippen LogP contribution in [0.25, 0.3) is 0 Å². The molecule has 1 unspecified atom stereocenters. The largest absolute Gasteiger partial charge is 0.477 e. The molecule has 31 heavy (non-hydrogen) atoms. The zero-order chi connectivity index (χ0) is 22.3. The van der Waals surface area contributed by atoms with E-state index in [0.29, 0.717) is 38.0 Å². The van der Waals surface area contributed by atoms with Gasteiger partial charge in [0, 0.05) is 38.4 Å². The summed E-state index contributed by atoms with van der Waals surface area (Å²) in [4.78, 5) is 12.7. The highest BCUT2D eigenvalue weighted by molar-refractivity contribution is 5.80. The second-order valence-corrected chi connectivity index (χ2v) is 8.47. The van der Waals surface area contributed by atoms with E-state index in [1.807, 2.05) is 19.1 Å². The van der Waals surface area contributed by atoms with Crippen molar-refractivity contribution in [3.05, 3.63) is 23.9 Å². The van der Waals surface area contributed by atoms with Crippen molar-refractivity contribution in [3.8, 4) is 5.88 Å². The monoisotopic (exact) mass is 441 g/mol. The Labute approximate surface area is 182 Å². The van der Waals surface area contributed by atoms with Gasteiger partial charge in [-0.3, -0.25) is 4.90 Å². The number of hydrogen-bond acceptors (Lipinski definition) is 4. The van der Waals surface area contributed by atoms with Crippen LogP contribution < -0.4 is 10.1 Å². The summed E-state index contributed by atoms with van der Waals surface area (Å²) in [5.41, 5.74) is 1.02. The minimum absolute atomic E-state index is 0.203. The van der Waals surface area contributed by atoms with E-state index in [1.165, 1.54) is 17.7 Å². The molecule has 1 aromatic heterocycles. The van der Waals surface area contributed by atoms with Gasteiger partial charge < -0.3 is 15.0 Å². The van der Waals surface area contributed by atoms with Crippen molar-refractivity contribution in [1.29, 1.82) is 0 Å². The number of alkyl halides is 3. The van der Waals surface area contributed by atoms with Crippen molar-refractivity contribution < 1.29 is 17.9 Å². The van der Waals surface area contributed by atoms with Crippen LogP contribution in [0.4, 0.5) is 13.2 Å². The average molecular weight is 442 g/mol. The molecule has 1 N–H and O–H groups in total. The van der Waals surface area contributed by atoms with Crippen molar-refractivity contribution in [2.75, 3.05) is 45.9 Å². The van der Waals surface area contributed by atoms with E-state index in [1.54, 1.807) is 13.1 Å². The Bertz CT molecular complexity index is 723. The Morgan fingerprint density at radius 2 is 2.10 bits per heavy atom. The molecule has 1 saturated carbocycles. The summed E-state index contributed by atoms with van der Waals surface area (Å²) < 4.78 is 44.0. The molecule has 1 aliphatic heterocycles. The fourth-order valence-corrected chi connectivity index (χ4v) is 3.81. The lowest BCUT2D eigenvalue weighted by atomic mass is 10.1. The van der Waals surface area contributed by atoms with Gasteiger partial charge in [0.05, 0.1) is 19.7 Å². The van der Waals surface area contributed by atoms with E-state index in [-0.39, 0.29) is 5.92 Å². The van der Waals surface area contributed by atoms with E-state index in [2.05, 4.69) is 15.2 Å². The molecule has 2 aliphatic rings. The summed E-state index contributed by atoms with van der Waals surface area (Å²) in [5.74, 6) is 2.32. The first-order chi connectivity index (χ1) is 14.9. The van der Waals surface area contributed by atoms with Crippen LogP contribution in [0, 0.1) is 11.8 Å². The van der Waals surface area contributed by atoms with Gasteiger partial charge in [0.15, 0.2) is 5.96 Å². The summed E-state index contributed by atoms with van der Waals surface area (Å²) in [6, 6.07) is 3.86. The van der Waals surface area contributed by atoms with Crippen LogP contribution in [-0.2, 0) is 6.54 Å². The maximum absolute atomic E-state index is 12.8. The van der Waals surface area contributed by atoms with Crippen molar-refractivity contribution >= 4 is 5.96 Å². The fourth-order valence-electron chi connectivity index (χ4n) is 3.81. The molecule has 0 aromatic carbocycles. The van der Waals surface area contributed by atoms with Crippen LogP contribution in [0.1, 0.15) is 38.7 Å². The number of aromatic nitrogens is 1. The van der Waals surface area contributed by atoms with Crippen molar-refractivity contribution in [3.63, 3.8) is 0 Å². The number of hydrogen-bond donors (Lipinski definition) is 1. The summed E-state index contributed by atoms with van der Waals surface area (Å²) in [7, 11) is 0. The Morgan fingerprint density at radius 3 is 2.77 bits per heavy atom. The number of pyridine rings is 1. The normalized spacial score (nSPS) is 19.9. The summed E-state index contributed by atoms with van der Waals surface area (Å²) >= 11 is 0. The number of nitrogens with zero attached hydrogens (tertiary/aromatic N) is 4. The maximum Gasteiger partial charge on any atom is 0.401 e. The lowest BCUT2D eigenvalue weighted by molar-refractivity contribution is -0.146. The standard InChI is InChI=1S/C22H34F3N5O/c1-3-26-21(28-12-18-7-9-27-20(11-18)31-15-17-5-6-17)30-10-8-19(14-30)13-29(4-2)16-22(23,24)25/h7,9,11,17,19H,3-6,8,10,12-16H2,1-2H3,(H,26,28). The predicted octanol–water partition coefficient (Wildman–Crippen LogP) is 3.54. The molecule has 2 heterocycles. The first-order valence-corrected chi connectivity index (χ1v) is 11.3. The highest BCUT2D eigenvalue weighted by atomic mass is 19.4. The van der Waals surface area contributed by atoms with Crippen LogP contribution in [0.15, 0.2) is 23.3 Å². The van der Waals surface area contributed by atoms with E-state index in [0.717, 1.165) is 37.6 Å². The second kappa shape index (κ2) is 11.0. The molecule has 1 aromatic rings. The van der Waals surface area contributed by atoms with Gasteiger partial charge in [-0.2, -0.15) is 13.2 Å². The van der Waals surface area contributed by atoms with Crippen LogP contribution >= 0.6 is 0 Å². The number of ether oxygens (including phenoxy) is 1. The highest BCUT2D eigenvalue weighted by Crippen LogP contribution is 2.29. The number of guanidine groups is 1. The van der Waals surface area contributed by atoms with Crippen LogP contribution in [0.2, 0.25) is 0 Å². The SMILES string of the molecule is CCNC(=NCc1ccnc(OCC2CC2)c1)N1CCC(CN(CC)CC(F)(F)F)C1. The topological polar surface area (TPSA) is 53.0 Å². The van der Waals surface area contributed by atoms with Crippen molar-refractivity contribution in [1.82, 2.24) is 20.1 Å². The molecule has 1 atom stereocenters. The molecular formula is C22H34F3N5O. The minimum Gasteiger partial charge on any atom is -0.477 e. The van der Waals surface area contributed by atoms with Gasteiger partial charge in [-0.1, -0.05) is 6.92 Å². The van der Waals surface area contributed by atoms with Gasteiger partial charge in [0.1, 0.15) is 0 Å². The van der Waals surface area contributed by atoms with Crippen molar-refractivity contribution in [2.45, 2.75) is 45.8 Å². The molecule has 174 valence electrons. The fraction of sp³-hybridized carbons (Fsp3) is 0.727. The lowest BCUT2D eigenvalue weighted by Gasteiger charge is -2.26. The van der Waals surface area contributed by atoms with Crippen LogP contribution in [-0.4, -0.2) is 72.8 Å². The zero-order valence-corrected chi connectivity index (χ0v) is 18.5. The zero-order valence-electron chi connectivity index (χ0n) is 18.5. The number of nitrogens with one attached hydrogen (secondary N) is 1. The Morgan fingerprint density at radius 1 is 1.29 bits per heavy atom. The Hall–Kier alpha value is -2.03. The van der Waals surface area contributed by atoms with Gasteiger partial charge in [-0.25, -0.2) is 9.98 Å². The summed E-state index contributed by atoms with van der Waals surface area (Å²) in [5, 5.41) is 3.32. The molecule has 9 heteroatoms. The summed E-state index contributed by atoms with van der Waals surface area (Å²) in [6.07, 6.45) is 0.924. The Balaban J connectivity index is 1.55. The maximum atomic E-state index is 12.8. The van der Waals surface area contributed by atoms with E-state index in [9.17, 15) is 13.2 Å². The number of aliphatic imine (C=N–C) groups is 1. The molecule has 0 amide bonds. The predicted molar refractivity (Wildman–Crippen MR) is 115 cm³/mol. The molecule has 0 bridgehead atoms. The van der Waals surface area contributed by atoms with Gasteiger partial charge >= 0.3 is 6.18 Å². The Kier molecular flexibility index (Phi) is 8.40. The molecule has 6 nitrogen and oxygen atoms in total. The van der Waals surface area contributed by atoms with Gasteiger partial charge in [0.2, 0.25) is 5.88 Å². The van der Waals surface area contributed by atoms with E-state index >= 15 is 0 Å². The third-order valence-corrected chi connectivity index (χ3v) is 5.66. The number of likely N-dealkylation sites (tertiary alicyclic amines) is 1. The van der Waals surface area contributed by atoms with Gasteiger partial charge in [-0.15, -0.1) is 0 Å².